The van der Waals surface area contributed by atoms with Crippen molar-refractivity contribution in [3.8, 4) is 0 Å². The van der Waals surface area contributed by atoms with Crippen LogP contribution < -0.4 is 4.90 Å². The Kier molecular flexibility index (Phi) is 4.34. The SMILES string of the molecule is OCCCC1CCCN1c1cc(CO)ccn1. The van der Waals surface area contributed by atoms with Crippen LogP contribution in [0.2, 0.25) is 0 Å². The number of aliphatic hydroxyl groups excluding tert-OH is 2. The van der Waals surface area contributed by atoms with Crippen LogP contribution >= 0.6 is 0 Å². The van der Waals surface area contributed by atoms with Gasteiger partial charge in [0.1, 0.15) is 5.82 Å². The number of pyridine rings is 1. The molecule has 0 radical (unpaired) electrons. The van der Waals surface area contributed by atoms with E-state index in [2.05, 4.69) is 9.88 Å². The van der Waals surface area contributed by atoms with Crippen LogP contribution in [0.15, 0.2) is 18.3 Å². The van der Waals surface area contributed by atoms with Crippen LogP contribution in [0.5, 0.6) is 0 Å². The summed E-state index contributed by atoms with van der Waals surface area (Å²) in [5.41, 5.74) is 0.905. The minimum Gasteiger partial charge on any atom is -0.396 e. The first kappa shape index (κ1) is 12.3. The van der Waals surface area contributed by atoms with Crippen LogP contribution in [0.25, 0.3) is 0 Å². The van der Waals surface area contributed by atoms with E-state index in [0.29, 0.717) is 6.04 Å². The van der Waals surface area contributed by atoms with Gasteiger partial charge in [-0.1, -0.05) is 0 Å². The van der Waals surface area contributed by atoms with Gasteiger partial charge in [-0.05, 0) is 43.4 Å². The second kappa shape index (κ2) is 5.98. The van der Waals surface area contributed by atoms with E-state index >= 15 is 0 Å². The molecule has 17 heavy (non-hydrogen) atoms. The summed E-state index contributed by atoms with van der Waals surface area (Å²) in [6.45, 7) is 1.34. The predicted octanol–water partition coefficient (Wildman–Crippen LogP) is 1.32. The normalized spacial score (nSPS) is 19.9. The Bertz CT molecular complexity index is 357. The van der Waals surface area contributed by atoms with Gasteiger partial charge in [-0.25, -0.2) is 4.98 Å². The highest BCUT2D eigenvalue weighted by atomic mass is 16.3. The number of anilines is 1. The second-order valence-corrected chi connectivity index (χ2v) is 4.54. The van der Waals surface area contributed by atoms with Gasteiger partial charge in [-0.3, -0.25) is 0 Å². The van der Waals surface area contributed by atoms with E-state index in [-0.39, 0.29) is 13.2 Å². The van der Waals surface area contributed by atoms with Crippen LogP contribution in [0.1, 0.15) is 31.2 Å². The second-order valence-electron chi connectivity index (χ2n) is 4.54. The minimum absolute atomic E-state index is 0.0602. The van der Waals surface area contributed by atoms with Gasteiger partial charge in [0.25, 0.3) is 0 Å². The summed E-state index contributed by atoms with van der Waals surface area (Å²) in [6.07, 6.45) is 5.97. The van der Waals surface area contributed by atoms with Gasteiger partial charge >= 0.3 is 0 Å². The molecule has 1 aliphatic heterocycles. The van der Waals surface area contributed by atoms with E-state index in [9.17, 15) is 0 Å². The Labute approximate surface area is 102 Å². The van der Waals surface area contributed by atoms with Gasteiger partial charge in [0, 0.05) is 25.4 Å². The molecule has 0 spiro atoms. The number of aliphatic hydroxyl groups is 2. The van der Waals surface area contributed by atoms with E-state index in [1.54, 1.807) is 6.20 Å². The monoisotopic (exact) mass is 236 g/mol. The van der Waals surface area contributed by atoms with E-state index in [1.807, 2.05) is 12.1 Å². The highest BCUT2D eigenvalue weighted by molar-refractivity contribution is 5.43. The third-order valence-electron chi connectivity index (χ3n) is 3.36. The molecule has 1 fully saturated rings. The lowest BCUT2D eigenvalue weighted by Crippen LogP contribution is -2.30. The van der Waals surface area contributed by atoms with Gasteiger partial charge in [0.05, 0.1) is 6.61 Å². The summed E-state index contributed by atoms with van der Waals surface area (Å²) >= 11 is 0. The topological polar surface area (TPSA) is 56.6 Å². The molecule has 2 heterocycles. The number of nitrogens with zero attached hydrogens (tertiary/aromatic N) is 2. The molecule has 1 aliphatic rings. The summed E-state index contributed by atoms with van der Waals surface area (Å²) in [6, 6.07) is 4.28. The number of rotatable bonds is 5. The summed E-state index contributed by atoms with van der Waals surface area (Å²) in [5.74, 6) is 0.956. The lowest BCUT2D eigenvalue weighted by molar-refractivity contribution is 0.279. The molecule has 2 N–H and O–H groups in total. The van der Waals surface area contributed by atoms with Gasteiger partial charge < -0.3 is 15.1 Å². The molecule has 0 bridgehead atoms. The summed E-state index contributed by atoms with van der Waals surface area (Å²) < 4.78 is 0. The van der Waals surface area contributed by atoms with Crippen LogP contribution in [-0.4, -0.2) is 34.4 Å². The van der Waals surface area contributed by atoms with Crippen molar-refractivity contribution in [1.82, 2.24) is 4.98 Å². The molecule has 2 rings (SSSR count). The van der Waals surface area contributed by atoms with Crippen LogP contribution in [-0.2, 0) is 6.61 Å². The van der Waals surface area contributed by atoms with Crippen molar-refractivity contribution >= 4 is 5.82 Å². The fourth-order valence-electron chi connectivity index (χ4n) is 2.48. The standard InChI is InChI=1S/C13H20N2O2/c16-8-2-4-12-3-1-7-15(12)13-9-11(10-17)5-6-14-13/h5-6,9,12,16-17H,1-4,7-8,10H2. The third kappa shape index (κ3) is 2.96. The zero-order chi connectivity index (χ0) is 12.1. The Hall–Kier alpha value is -1.13. The summed E-state index contributed by atoms with van der Waals surface area (Å²) in [7, 11) is 0. The fourth-order valence-corrected chi connectivity index (χ4v) is 2.48. The molecule has 0 aliphatic carbocycles. The van der Waals surface area contributed by atoms with Crippen molar-refractivity contribution in [2.24, 2.45) is 0 Å². The van der Waals surface area contributed by atoms with E-state index in [0.717, 1.165) is 30.8 Å². The van der Waals surface area contributed by atoms with Crippen molar-refractivity contribution in [3.05, 3.63) is 23.9 Å². The first-order chi connectivity index (χ1) is 8.35. The Morgan fingerprint density at radius 3 is 3.06 bits per heavy atom. The number of aromatic nitrogens is 1. The largest absolute Gasteiger partial charge is 0.396 e. The summed E-state index contributed by atoms with van der Waals surface area (Å²) in [5, 5.41) is 18.0. The molecule has 4 nitrogen and oxygen atoms in total. The maximum Gasteiger partial charge on any atom is 0.129 e. The first-order valence-corrected chi connectivity index (χ1v) is 6.28. The summed E-state index contributed by atoms with van der Waals surface area (Å²) in [4.78, 5) is 6.68. The maximum atomic E-state index is 9.13. The molecule has 94 valence electrons. The lowest BCUT2D eigenvalue weighted by Gasteiger charge is -2.25. The van der Waals surface area contributed by atoms with E-state index < -0.39 is 0 Å². The van der Waals surface area contributed by atoms with Crippen molar-refractivity contribution in [1.29, 1.82) is 0 Å². The average Bonchev–Trinajstić information content (AvgIpc) is 2.84. The molecule has 1 atom stereocenters. The van der Waals surface area contributed by atoms with Crippen LogP contribution in [0.3, 0.4) is 0 Å². The molecule has 1 unspecified atom stereocenters. The molecule has 0 saturated carbocycles. The Balaban J connectivity index is 2.08. The zero-order valence-electron chi connectivity index (χ0n) is 10.0. The number of hydrogen-bond acceptors (Lipinski definition) is 4. The molecule has 1 saturated heterocycles. The predicted molar refractivity (Wildman–Crippen MR) is 66.8 cm³/mol. The van der Waals surface area contributed by atoms with Gasteiger partial charge in [-0.2, -0.15) is 0 Å². The van der Waals surface area contributed by atoms with Crippen molar-refractivity contribution in [3.63, 3.8) is 0 Å². The minimum atomic E-state index is 0.0602. The molecular weight excluding hydrogens is 216 g/mol. The first-order valence-electron chi connectivity index (χ1n) is 6.28. The fraction of sp³-hybridized carbons (Fsp3) is 0.615. The maximum absolute atomic E-state index is 9.13. The average molecular weight is 236 g/mol. The van der Waals surface area contributed by atoms with E-state index in [4.69, 9.17) is 10.2 Å². The van der Waals surface area contributed by atoms with Gasteiger partial charge in [0.2, 0.25) is 0 Å². The highest BCUT2D eigenvalue weighted by Crippen LogP contribution is 2.26. The van der Waals surface area contributed by atoms with Crippen LogP contribution in [0.4, 0.5) is 5.82 Å². The molecule has 0 amide bonds. The van der Waals surface area contributed by atoms with Gasteiger partial charge in [0.15, 0.2) is 0 Å². The molecule has 1 aromatic heterocycles. The van der Waals surface area contributed by atoms with Crippen molar-refractivity contribution in [2.75, 3.05) is 18.1 Å². The zero-order valence-corrected chi connectivity index (χ0v) is 10.0. The quantitative estimate of drug-likeness (QED) is 0.809. The molecule has 4 heteroatoms. The van der Waals surface area contributed by atoms with Crippen molar-refractivity contribution < 1.29 is 10.2 Å². The molecule has 0 aromatic carbocycles. The third-order valence-corrected chi connectivity index (χ3v) is 3.36. The Morgan fingerprint density at radius 2 is 2.29 bits per heavy atom. The Morgan fingerprint density at radius 1 is 1.41 bits per heavy atom. The molecular formula is C13H20N2O2. The smallest absolute Gasteiger partial charge is 0.129 e. The van der Waals surface area contributed by atoms with Gasteiger partial charge in [-0.15, -0.1) is 0 Å². The van der Waals surface area contributed by atoms with Crippen molar-refractivity contribution in [2.45, 2.75) is 38.3 Å². The van der Waals surface area contributed by atoms with Crippen LogP contribution in [0, 0.1) is 0 Å². The van der Waals surface area contributed by atoms with E-state index in [1.165, 1.54) is 12.8 Å². The highest BCUT2D eigenvalue weighted by Gasteiger charge is 2.24. The number of hydrogen-bond donors (Lipinski definition) is 2. The molecule has 1 aromatic rings. The lowest BCUT2D eigenvalue weighted by atomic mass is 10.1.